The lowest BCUT2D eigenvalue weighted by Gasteiger charge is -2.20. The lowest BCUT2D eigenvalue weighted by atomic mass is 10.1. The summed E-state index contributed by atoms with van der Waals surface area (Å²) in [4.78, 5) is 8.31. The van der Waals surface area contributed by atoms with Gasteiger partial charge in [-0.05, 0) is 25.3 Å². The summed E-state index contributed by atoms with van der Waals surface area (Å²) in [5.74, 6) is 1.10. The smallest absolute Gasteiger partial charge is 0.260 e. The molecule has 0 bridgehead atoms. The van der Waals surface area contributed by atoms with E-state index in [9.17, 15) is 0 Å². The Bertz CT molecular complexity index is 549. The molecule has 19 heavy (non-hydrogen) atoms. The zero-order valence-corrected chi connectivity index (χ0v) is 10.6. The topological polar surface area (TPSA) is 87.1 Å². The minimum Gasteiger partial charge on any atom is -0.397 e. The molecule has 2 aromatic rings. The highest BCUT2D eigenvalue weighted by molar-refractivity contribution is 5.68. The quantitative estimate of drug-likeness (QED) is 0.905. The number of rotatable bonds is 3. The van der Waals surface area contributed by atoms with E-state index in [0.717, 1.165) is 25.0 Å². The largest absolute Gasteiger partial charge is 0.397 e. The van der Waals surface area contributed by atoms with Crippen molar-refractivity contribution >= 4 is 5.69 Å². The fourth-order valence-electron chi connectivity index (χ4n) is 2.22. The predicted octanol–water partition coefficient (Wildman–Crippen LogP) is 1.83. The van der Waals surface area contributed by atoms with Crippen molar-refractivity contribution in [2.45, 2.75) is 31.8 Å². The number of hydrogen-bond acceptors (Lipinski definition) is 6. The zero-order valence-electron chi connectivity index (χ0n) is 10.6. The Morgan fingerprint density at radius 2 is 2.32 bits per heavy atom. The van der Waals surface area contributed by atoms with Gasteiger partial charge in [0.25, 0.3) is 5.89 Å². The molecular weight excluding hydrogens is 244 g/mol. The molecule has 100 valence electrons. The first-order valence-corrected chi connectivity index (χ1v) is 6.47. The van der Waals surface area contributed by atoms with Gasteiger partial charge in [0.15, 0.2) is 5.82 Å². The van der Waals surface area contributed by atoms with Crippen molar-refractivity contribution in [2.24, 2.45) is 0 Å². The van der Waals surface area contributed by atoms with Crippen LogP contribution in [0.2, 0.25) is 0 Å². The molecule has 0 spiro atoms. The molecule has 6 heteroatoms. The molecule has 0 amide bonds. The van der Waals surface area contributed by atoms with Gasteiger partial charge in [-0.2, -0.15) is 4.98 Å². The number of hydrogen-bond donors (Lipinski definition) is 1. The Morgan fingerprint density at radius 1 is 1.37 bits per heavy atom. The average molecular weight is 260 g/mol. The van der Waals surface area contributed by atoms with E-state index in [1.54, 1.807) is 18.5 Å². The summed E-state index contributed by atoms with van der Waals surface area (Å²) >= 11 is 0. The van der Waals surface area contributed by atoms with Gasteiger partial charge in [-0.3, -0.25) is 4.98 Å². The van der Waals surface area contributed by atoms with E-state index in [1.165, 1.54) is 6.42 Å². The van der Waals surface area contributed by atoms with E-state index in [4.69, 9.17) is 15.0 Å². The third-order valence-corrected chi connectivity index (χ3v) is 3.23. The highest BCUT2D eigenvalue weighted by Gasteiger charge is 2.18. The first-order valence-electron chi connectivity index (χ1n) is 6.47. The van der Waals surface area contributed by atoms with Crippen LogP contribution in [0.3, 0.4) is 0 Å². The van der Waals surface area contributed by atoms with Gasteiger partial charge >= 0.3 is 0 Å². The lowest BCUT2D eigenvalue weighted by Crippen LogP contribution is -2.21. The third-order valence-electron chi connectivity index (χ3n) is 3.23. The van der Waals surface area contributed by atoms with Crippen molar-refractivity contribution in [1.29, 1.82) is 0 Å². The molecule has 6 nitrogen and oxygen atoms in total. The molecule has 0 aromatic carbocycles. The van der Waals surface area contributed by atoms with Crippen LogP contribution in [-0.4, -0.2) is 27.8 Å². The van der Waals surface area contributed by atoms with Crippen LogP contribution in [0.4, 0.5) is 5.69 Å². The summed E-state index contributed by atoms with van der Waals surface area (Å²) in [5.41, 5.74) is 7.09. The van der Waals surface area contributed by atoms with Crippen LogP contribution >= 0.6 is 0 Å². The Balaban J connectivity index is 1.74. The molecule has 1 aliphatic heterocycles. The maximum Gasteiger partial charge on any atom is 0.260 e. The molecule has 1 aliphatic rings. The minimum atomic E-state index is 0.203. The average Bonchev–Trinajstić information content (AvgIpc) is 2.89. The number of nitrogens with zero attached hydrogens (tertiary/aromatic N) is 3. The van der Waals surface area contributed by atoms with Crippen LogP contribution in [0, 0.1) is 0 Å². The number of nitrogens with two attached hydrogens (primary N) is 1. The summed E-state index contributed by atoms with van der Waals surface area (Å²) < 4.78 is 10.9. The fourth-order valence-corrected chi connectivity index (χ4v) is 2.22. The van der Waals surface area contributed by atoms with Gasteiger partial charge in [0.05, 0.1) is 23.6 Å². The monoisotopic (exact) mass is 260 g/mol. The normalized spacial score (nSPS) is 19.5. The summed E-state index contributed by atoms with van der Waals surface area (Å²) in [5, 5.41) is 3.99. The van der Waals surface area contributed by atoms with Crippen LogP contribution in [0.5, 0.6) is 0 Å². The van der Waals surface area contributed by atoms with Crippen molar-refractivity contribution in [3.63, 3.8) is 0 Å². The first-order chi connectivity index (χ1) is 9.33. The van der Waals surface area contributed by atoms with Gasteiger partial charge in [0.2, 0.25) is 0 Å². The van der Waals surface area contributed by atoms with Crippen LogP contribution in [0.1, 0.15) is 25.1 Å². The maximum absolute atomic E-state index is 5.83. The van der Waals surface area contributed by atoms with Crippen LogP contribution in [-0.2, 0) is 11.2 Å². The molecule has 1 saturated heterocycles. The van der Waals surface area contributed by atoms with Gasteiger partial charge < -0.3 is 15.0 Å². The number of ether oxygens (including phenoxy) is 1. The van der Waals surface area contributed by atoms with E-state index >= 15 is 0 Å². The molecule has 1 fully saturated rings. The molecule has 3 rings (SSSR count). The van der Waals surface area contributed by atoms with Crippen molar-refractivity contribution < 1.29 is 9.26 Å². The second-order valence-corrected chi connectivity index (χ2v) is 4.67. The van der Waals surface area contributed by atoms with Crippen LogP contribution in [0.15, 0.2) is 23.0 Å². The van der Waals surface area contributed by atoms with Crippen molar-refractivity contribution in [1.82, 2.24) is 15.1 Å². The Kier molecular flexibility index (Phi) is 3.41. The van der Waals surface area contributed by atoms with Gasteiger partial charge in [-0.25, -0.2) is 0 Å². The van der Waals surface area contributed by atoms with Gasteiger partial charge in [0, 0.05) is 19.2 Å². The predicted molar refractivity (Wildman–Crippen MR) is 69.2 cm³/mol. The SMILES string of the molecule is Nc1cnccc1-c1nc(CC2CCCCO2)no1. The molecule has 0 aliphatic carbocycles. The van der Waals surface area contributed by atoms with E-state index in [1.807, 2.05) is 0 Å². The first kappa shape index (κ1) is 12.1. The lowest BCUT2D eigenvalue weighted by molar-refractivity contribution is 0.0153. The molecule has 0 radical (unpaired) electrons. The standard InChI is InChI=1S/C13H16N4O2/c14-11-8-15-5-4-10(11)13-16-12(17-19-13)7-9-3-1-2-6-18-9/h4-5,8-9H,1-3,6-7,14H2. The minimum absolute atomic E-state index is 0.203. The summed E-state index contributed by atoms with van der Waals surface area (Å²) in [6.07, 6.45) is 7.52. The number of anilines is 1. The fraction of sp³-hybridized carbons (Fsp3) is 0.462. The number of pyridine rings is 1. The Labute approximate surface area is 111 Å². The maximum atomic E-state index is 5.83. The molecule has 3 heterocycles. The van der Waals surface area contributed by atoms with Gasteiger partial charge in [0.1, 0.15) is 0 Å². The Hall–Kier alpha value is -1.95. The van der Waals surface area contributed by atoms with Gasteiger partial charge in [-0.15, -0.1) is 0 Å². The molecule has 0 saturated carbocycles. The zero-order chi connectivity index (χ0) is 13.1. The van der Waals surface area contributed by atoms with E-state index in [0.29, 0.717) is 23.8 Å². The van der Waals surface area contributed by atoms with E-state index < -0.39 is 0 Å². The third kappa shape index (κ3) is 2.73. The Morgan fingerprint density at radius 3 is 3.11 bits per heavy atom. The highest BCUT2D eigenvalue weighted by Crippen LogP contribution is 2.23. The van der Waals surface area contributed by atoms with Crippen molar-refractivity contribution in [3.05, 3.63) is 24.3 Å². The number of aromatic nitrogens is 3. The second kappa shape index (κ2) is 5.36. The summed E-state index contributed by atoms with van der Waals surface area (Å²) in [6.45, 7) is 0.826. The number of nitrogen functional groups attached to an aromatic ring is 1. The van der Waals surface area contributed by atoms with E-state index in [-0.39, 0.29) is 6.10 Å². The molecular formula is C13H16N4O2. The van der Waals surface area contributed by atoms with E-state index in [2.05, 4.69) is 15.1 Å². The van der Waals surface area contributed by atoms with Crippen molar-refractivity contribution in [3.8, 4) is 11.5 Å². The second-order valence-electron chi connectivity index (χ2n) is 4.67. The van der Waals surface area contributed by atoms with Crippen LogP contribution < -0.4 is 5.73 Å². The molecule has 2 N–H and O–H groups in total. The summed E-state index contributed by atoms with van der Waals surface area (Å²) in [6, 6.07) is 1.77. The molecule has 1 atom stereocenters. The molecule has 1 unspecified atom stereocenters. The summed E-state index contributed by atoms with van der Waals surface area (Å²) in [7, 11) is 0. The van der Waals surface area contributed by atoms with Crippen LogP contribution in [0.25, 0.3) is 11.5 Å². The highest BCUT2D eigenvalue weighted by atomic mass is 16.5. The van der Waals surface area contributed by atoms with Gasteiger partial charge in [-0.1, -0.05) is 5.16 Å². The van der Waals surface area contributed by atoms with Crippen molar-refractivity contribution in [2.75, 3.05) is 12.3 Å². The molecule has 2 aromatic heterocycles.